The molecule has 0 spiro atoms. The topological polar surface area (TPSA) is 67.8 Å². The van der Waals surface area contributed by atoms with Crippen LogP contribution in [0.25, 0.3) is 0 Å². The molecule has 0 aliphatic carbocycles. The van der Waals surface area contributed by atoms with Crippen LogP contribution in [0.4, 0.5) is 0 Å². The SMILES string of the molecule is Cn1cc(CNC[C@@H]2CCCO[C@H]2c2ccnn2C)cc1C#N. The number of aromatic nitrogens is 3. The standard InChI is InChI=1S/C17H23N5O/c1-21-12-13(8-15(21)9-18)10-19-11-14-4-3-7-23-17(14)16-5-6-20-22(16)2/h5-6,8,12,14,17,19H,3-4,7,10-11H2,1-2H3/t14-,17+/m0/s1. The van der Waals surface area contributed by atoms with Crippen molar-refractivity contribution in [3.8, 4) is 6.07 Å². The van der Waals surface area contributed by atoms with E-state index >= 15 is 0 Å². The number of nitriles is 1. The van der Waals surface area contributed by atoms with Gasteiger partial charge in [-0.15, -0.1) is 0 Å². The zero-order valence-corrected chi connectivity index (χ0v) is 13.7. The van der Waals surface area contributed by atoms with Crippen LogP contribution in [0, 0.1) is 17.2 Å². The molecule has 0 aromatic carbocycles. The molecule has 3 heterocycles. The van der Waals surface area contributed by atoms with Crippen molar-refractivity contribution >= 4 is 0 Å². The second-order valence-electron chi connectivity index (χ2n) is 6.16. The normalized spacial score (nSPS) is 21.3. The van der Waals surface area contributed by atoms with E-state index in [9.17, 15) is 0 Å². The lowest BCUT2D eigenvalue weighted by Gasteiger charge is -2.32. The minimum Gasteiger partial charge on any atom is -0.372 e. The third-order valence-electron chi connectivity index (χ3n) is 4.51. The van der Waals surface area contributed by atoms with Gasteiger partial charge in [-0.3, -0.25) is 4.68 Å². The molecule has 2 aromatic heterocycles. The summed E-state index contributed by atoms with van der Waals surface area (Å²) >= 11 is 0. The molecule has 1 fully saturated rings. The zero-order valence-electron chi connectivity index (χ0n) is 13.7. The van der Waals surface area contributed by atoms with Crippen LogP contribution < -0.4 is 5.32 Å². The fourth-order valence-corrected chi connectivity index (χ4v) is 3.29. The Hall–Kier alpha value is -2.10. The average Bonchev–Trinajstić information content (AvgIpc) is 3.13. The molecular weight excluding hydrogens is 290 g/mol. The number of nitrogens with zero attached hydrogens (tertiary/aromatic N) is 4. The molecule has 6 nitrogen and oxygen atoms in total. The second kappa shape index (κ2) is 6.99. The van der Waals surface area contributed by atoms with E-state index in [-0.39, 0.29) is 6.10 Å². The van der Waals surface area contributed by atoms with Crippen molar-refractivity contribution in [1.82, 2.24) is 19.7 Å². The monoisotopic (exact) mass is 313 g/mol. The highest BCUT2D eigenvalue weighted by atomic mass is 16.5. The van der Waals surface area contributed by atoms with Crippen molar-refractivity contribution in [2.24, 2.45) is 20.0 Å². The van der Waals surface area contributed by atoms with E-state index < -0.39 is 0 Å². The van der Waals surface area contributed by atoms with Gasteiger partial charge in [0.1, 0.15) is 17.9 Å². The first-order valence-electron chi connectivity index (χ1n) is 8.04. The van der Waals surface area contributed by atoms with Gasteiger partial charge in [0.05, 0.1) is 5.69 Å². The number of ether oxygens (including phenoxy) is 1. The van der Waals surface area contributed by atoms with Crippen LogP contribution in [0.2, 0.25) is 0 Å². The molecule has 0 bridgehead atoms. The van der Waals surface area contributed by atoms with Gasteiger partial charge in [0.15, 0.2) is 0 Å². The number of hydrogen-bond donors (Lipinski definition) is 1. The second-order valence-corrected chi connectivity index (χ2v) is 6.16. The summed E-state index contributed by atoms with van der Waals surface area (Å²) in [5, 5.41) is 16.8. The Morgan fingerprint density at radius 3 is 3.04 bits per heavy atom. The predicted molar refractivity (Wildman–Crippen MR) is 86.5 cm³/mol. The lowest BCUT2D eigenvalue weighted by Crippen LogP contribution is -2.32. The first-order valence-corrected chi connectivity index (χ1v) is 8.04. The van der Waals surface area contributed by atoms with Gasteiger partial charge in [0.2, 0.25) is 0 Å². The van der Waals surface area contributed by atoms with Crippen molar-refractivity contribution in [2.75, 3.05) is 13.2 Å². The molecule has 0 saturated carbocycles. The molecule has 0 radical (unpaired) electrons. The van der Waals surface area contributed by atoms with Crippen molar-refractivity contribution in [3.05, 3.63) is 41.5 Å². The summed E-state index contributed by atoms with van der Waals surface area (Å²) in [4.78, 5) is 0. The van der Waals surface area contributed by atoms with Crippen LogP contribution in [0.15, 0.2) is 24.5 Å². The summed E-state index contributed by atoms with van der Waals surface area (Å²) in [6, 6.07) is 6.17. The van der Waals surface area contributed by atoms with Gasteiger partial charge < -0.3 is 14.6 Å². The van der Waals surface area contributed by atoms with Crippen LogP contribution in [0.5, 0.6) is 0 Å². The average molecular weight is 313 g/mol. The maximum absolute atomic E-state index is 9.01. The highest BCUT2D eigenvalue weighted by Gasteiger charge is 2.29. The fraction of sp³-hybridized carbons (Fsp3) is 0.529. The third-order valence-corrected chi connectivity index (χ3v) is 4.51. The third kappa shape index (κ3) is 3.46. The number of nitrogens with one attached hydrogen (secondary N) is 1. The Bertz CT molecular complexity index is 696. The molecule has 0 amide bonds. The molecule has 23 heavy (non-hydrogen) atoms. The Balaban J connectivity index is 1.59. The molecule has 122 valence electrons. The molecular formula is C17H23N5O. The minimum atomic E-state index is 0.106. The molecule has 1 aliphatic rings. The van der Waals surface area contributed by atoms with Gasteiger partial charge in [-0.2, -0.15) is 10.4 Å². The Morgan fingerprint density at radius 1 is 1.48 bits per heavy atom. The van der Waals surface area contributed by atoms with E-state index in [1.807, 2.05) is 47.9 Å². The van der Waals surface area contributed by atoms with Crippen molar-refractivity contribution in [2.45, 2.75) is 25.5 Å². The summed E-state index contributed by atoms with van der Waals surface area (Å²) in [6.45, 7) is 2.48. The number of aryl methyl sites for hydroxylation is 2. The Morgan fingerprint density at radius 2 is 2.35 bits per heavy atom. The largest absolute Gasteiger partial charge is 0.372 e. The fourth-order valence-electron chi connectivity index (χ4n) is 3.29. The van der Waals surface area contributed by atoms with Crippen molar-refractivity contribution in [1.29, 1.82) is 5.26 Å². The van der Waals surface area contributed by atoms with Crippen LogP contribution in [-0.4, -0.2) is 27.5 Å². The predicted octanol–water partition coefficient (Wildman–Crippen LogP) is 1.89. The van der Waals surface area contributed by atoms with Gasteiger partial charge in [-0.1, -0.05) is 0 Å². The summed E-state index contributed by atoms with van der Waals surface area (Å²) in [5.41, 5.74) is 2.97. The van der Waals surface area contributed by atoms with Gasteiger partial charge >= 0.3 is 0 Å². The molecule has 2 aromatic rings. The van der Waals surface area contributed by atoms with E-state index in [0.717, 1.165) is 43.8 Å². The summed E-state index contributed by atoms with van der Waals surface area (Å²) < 4.78 is 9.77. The summed E-state index contributed by atoms with van der Waals surface area (Å²) in [7, 11) is 3.86. The van der Waals surface area contributed by atoms with E-state index in [1.165, 1.54) is 0 Å². The van der Waals surface area contributed by atoms with Gasteiger partial charge in [0.25, 0.3) is 0 Å². The summed E-state index contributed by atoms with van der Waals surface area (Å²) in [6.07, 6.45) is 6.19. The molecule has 2 atom stereocenters. The van der Waals surface area contributed by atoms with Gasteiger partial charge in [0, 0.05) is 52.1 Å². The molecule has 1 N–H and O–H groups in total. The van der Waals surface area contributed by atoms with Crippen LogP contribution >= 0.6 is 0 Å². The van der Waals surface area contributed by atoms with Crippen LogP contribution in [0.1, 0.15) is 35.9 Å². The number of hydrogen-bond acceptors (Lipinski definition) is 4. The van der Waals surface area contributed by atoms with Crippen molar-refractivity contribution in [3.63, 3.8) is 0 Å². The molecule has 0 unspecified atom stereocenters. The smallest absolute Gasteiger partial charge is 0.120 e. The lowest BCUT2D eigenvalue weighted by atomic mass is 9.92. The minimum absolute atomic E-state index is 0.106. The zero-order chi connectivity index (χ0) is 16.2. The van der Waals surface area contributed by atoms with Crippen molar-refractivity contribution < 1.29 is 4.74 Å². The molecule has 1 aliphatic heterocycles. The molecule has 6 heteroatoms. The quantitative estimate of drug-likeness (QED) is 0.915. The highest BCUT2D eigenvalue weighted by molar-refractivity contribution is 5.28. The Kier molecular flexibility index (Phi) is 4.79. The highest BCUT2D eigenvalue weighted by Crippen LogP contribution is 2.32. The van der Waals surface area contributed by atoms with E-state index in [0.29, 0.717) is 11.6 Å². The Labute approximate surface area is 136 Å². The van der Waals surface area contributed by atoms with E-state index in [2.05, 4.69) is 16.5 Å². The molecule has 3 rings (SSSR count). The maximum Gasteiger partial charge on any atom is 0.120 e. The van der Waals surface area contributed by atoms with Crippen LogP contribution in [-0.2, 0) is 25.4 Å². The first kappa shape index (κ1) is 15.8. The summed E-state index contributed by atoms with van der Waals surface area (Å²) in [5.74, 6) is 0.443. The maximum atomic E-state index is 9.01. The first-order chi connectivity index (χ1) is 11.2. The van der Waals surface area contributed by atoms with E-state index in [4.69, 9.17) is 10.00 Å². The molecule has 1 saturated heterocycles. The number of rotatable bonds is 5. The van der Waals surface area contributed by atoms with Crippen LogP contribution in [0.3, 0.4) is 0 Å². The van der Waals surface area contributed by atoms with Gasteiger partial charge in [-0.05, 0) is 30.5 Å². The lowest BCUT2D eigenvalue weighted by molar-refractivity contribution is -0.0323. The van der Waals surface area contributed by atoms with Gasteiger partial charge in [-0.25, -0.2) is 0 Å². The van der Waals surface area contributed by atoms with E-state index in [1.54, 1.807) is 0 Å².